The highest BCUT2D eigenvalue weighted by Gasteiger charge is 2.26. The van der Waals surface area contributed by atoms with Gasteiger partial charge in [0.15, 0.2) is 0 Å². The molecule has 42 valence electrons. The maximum absolute atomic E-state index is 8.83. The second-order valence-electron chi connectivity index (χ2n) is 2.14. The summed E-state index contributed by atoms with van der Waals surface area (Å²) in [4.78, 5) is 0. The average Bonchev–Trinajstić information content (AvgIpc) is 1.65. The summed E-state index contributed by atoms with van der Waals surface area (Å²) in [5.41, 5.74) is 5.26. The molecule has 0 spiro atoms. The van der Waals surface area contributed by atoms with Gasteiger partial charge in [-0.3, -0.25) is 0 Å². The summed E-state index contributed by atoms with van der Waals surface area (Å²) in [6, 6.07) is 0. The Kier molecular flexibility index (Phi) is 1.30. The molecule has 0 heterocycles. The van der Waals surface area contributed by atoms with Crippen LogP contribution in [0.25, 0.3) is 0 Å². The summed E-state index contributed by atoms with van der Waals surface area (Å²) in [5.74, 6) is 0.417. The first-order chi connectivity index (χ1) is 3.34. The number of aliphatic hydroxyl groups excluding tert-OH is 1. The number of nitrogens with two attached hydrogens (primary N) is 1. The zero-order valence-electron chi connectivity index (χ0n) is 4.30. The van der Waals surface area contributed by atoms with Crippen LogP contribution in [-0.4, -0.2) is 17.8 Å². The molecule has 2 atom stereocenters. The second-order valence-corrected chi connectivity index (χ2v) is 2.14. The van der Waals surface area contributed by atoms with Crippen LogP contribution < -0.4 is 5.73 Å². The molecule has 1 rings (SSSR count). The number of hydrogen-bond acceptors (Lipinski definition) is 2. The molecule has 0 saturated heterocycles. The Labute approximate surface area is 43.3 Å². The Morgan fingerprint density at radius 1 is 1.57 bits per heavy atom. The van der Waals surface area contributed by atoms with E-state index in [0.717, 1.165) is 12.8 Å². The quantitative estimate of drug-likeness (QED) is 0.477. The normalized spacial score (nSPS) is 40.3. The van der Waals surface area contributed by atoms with Gasteiger partial charge in [-0.15, -0.1) is 0 Å². The minimum Gasteiger partial charge on any atom is -0.393 e. The summed E-state index contributed by atoms with van der Waals surface area (Å²) >= 11 is 0. The monoisotopic (exact) mass is 101 g/mol. The molecule has 2 heteroatoms. The predicted octanol–water partition coefficient (Wildman–Crippen LogP) is -0.284. The van der Waals surface area contributed by atoms with Crippen molar-refractivity contribution >= 4 is 0 Å². The zero-order chi connectivity index (χ0) is 5.28. The van der Waals surface area contributed by atoms with Gasteiger partial charge in [0, 0.05) is 0 Å². The van der Waals surface area contributed by atoms with Gasteiger partial charge in [-0.2, -0.15) is 0 Å². The Bertz CT molecular complexity index is 63.1. The van der Waals surface area contributed by atoms with Crippen molar-refractivity contribution < 1.29 is 5.11 Å². The van der Waals surface area contributed by atoms with Crippen molar-refractivity contribution in [3.8, 4) is 0 Å². The molecule has 7 heavy (non-hydrogen) atoms. The third-order valence-electron chi connectivity index (χ3n) is 1.68. The molecular weight excluding hydrogens is 90.1 g/mol. The first kappa shape index (κ1) is 5.06. The topological polar surface area (TPSA) is 46.2 Å². The van der Waals surface area contributed by atoms with Crippen molar-refractivity contribution in [2.24, 2.45) is 11.7 Å². The van der Waals surface area contributed by atoms with E-state index >= 15 is 0 Å². The first-order valence-electron chi connectivity index (χ1n) is 2.72. The van der Waals surface area contributed by atoms with Crippen LogP contribution in [0.2, 0.25) is 0 Å². The van der Waals surface area contributed by atoms with Gasteiger partial charge in [-0.05, 0) is 25.3 Å². The molecule has 0 aromatic carbocycles. The third-order valence-corrected chi connectivity index (χ3v) is 1.68. The highest BCUT2D eigenvalue weighted by atomic mass is 16.3. The molecule has 0 aliphatic heterocycles. The molecule has 1 aliphatic rings. The third kappa shape index (κ3) is 0.763. The Morgan fingerprint density at radius 3 is 2.29 bits per heavy atom. The van der Waals surface area contributed by atoms with Crippen molar-refractivity contribution in [2.45, 2.75) is 18.9 Å². The minimum atomic E-state index is -0.0787. The maximum atomic E-state index is 8.83. The standard InChI is InChI=1S/C5H11NO/c6-3-4-1-2-5(4)7/h4-5,7H,1-3,6H2/t4-,5+/m0/s1. The molecule has 0 bridgehead atoms. The Hall–Kier alpha value is -0.0800. The van der Waals surface area contributed by atoms with E-state index in [1.54, 1.807) is 0 Å². The molecule has 0 unspecified atom stereocenters. The smallest absolute Gasteiger partial charge is 0.0580 e. The minimum absolute atomic E-state index is 0.0787. The fourth-order valence-electron chi connectivity index (χ4n) is 0.826. The lowest BCUT2D eigenvalue weighted by Gasteiger charge is -2.30. The van der Waals surface area contributed by atoms with Gasteiger partial charge in [-0.1, -0.05) is 0 Å². The van der Waals surface area contributed by atoms with Crippen LogP contribution in [0.3, 0.4) is 0 Å². The van der Waals surface area contributed by atoms with Crippen LogP contribution in [0.5, 0.6) is 0 Å². The summed E-state index contributed by atoms with van der Waals surface area (Å²) < 4.78 is 0. The number of aliphatic hydroxyl groups is 1. The SMILES string of the molecule is NC[C@@H]1CC[C@H]1O. The molecule has 0 amide bonds. The molecule has 1 saturated carbocycles. The Morgan fingerprint density at radius 2 is 2.29 bits per heavy atom. The van der Waals surface area contributed by atoms with Crippen molar-refractivity contribution in [2.75, 3.05) is 6.54 Å². The molecule has 0 aromatic heterocycles. The van der Waals surface area contributed by atoms with Crippen LogP contribution in [0.4, 0.5) is 0 Å². The van der Waals surface area contributed by atoms with E-state index in [0.29, 0.717) is 12.5 Å². The van der Waals surface area contributed by atoms with Crippen molar-refractivity contribution in [3.63, 3.8) is 0 Å². The fraction of sp³-hybridized carbons (Fsp3) is 1.00. The van der Waals surface area contributed by atoms with Crippen molar-refractivity contribution in [3.05, 3.63) is 0 Å². The van der Waals surface area contributed by atoms with Gasteiger partial charge in [-0.25, -0.2) is 0 Å². The molecule has 0 radical (unpaired) electrons. The lowest BCUT2D eigenvalue weighted by molar-refractivity contribution is 0.0292. The van der Waals surface area contributed by atoms with E-state index < -0.39 is 0 Å². The Balaban J connectivity index is 2.16. The van der Waals surface area contributed by atoms with E-state index in [9.17, 15) is 0 Å². The first-order valence-corrected chi connectivity index (χ1v) is 2.72. The van der Waals surface area contributed by atoms with E-state index in [2.05, 4.69) is 0 Å². The van der Waals surface area contributed by atoms with Gasteiger partial charge in [0.05, 0.1) is 6.10 Å². The fourth-order valence-corrected chi connectivity index (χ4v) is 0.826. The van der Waals surface area contributed by atoms with Gasteiger partial charge in [0.2, 0.25) is 0 Å². The van der Waals surface area contributed by atoms with Crippen LogP contribution in [0.15, 0.2) is 0 Å². The molecule has 0 aromatic rings. The van der Waals surface area contributed by atoms with Crippen LogP contribution >= 0.6 is 0 Å². The van der Waals surface area contributed by atoms with Crippen LogP contribution in [-0.2, 0) is 0 Å². The molecule has 2 nitrogen and oxygen atoms in total. The maximum Gasteiger partial charge on any atom is 0.0580 e. The molecule has 1 aliphatic carbocycles. The lowest BCUT2D eigenvalue weighted by atomic mass is 9.82. The average molecular weight is 101 g/mol. The second kappa shape index (κ2) is 1.80. The highest BCUT2D eigenvalue weighted by Crippen LogP contribution is 2.25. The van der Waals surface area contributed by atoms with Gasteiger partial charge >= 0.3 is 0 Å². The van der Waals surface area contributed by atoms with E-state index in [-0.39, 0.29) is 6.10 Å². The summed E-state index contributed by atoms with van der Waals surface area (Å²) in [6.07, 6.45) is 2.00. The number of rotatable bonds is 1. The van der Waals surface area contributed by atoms with Crippen LogP contribution in [0, 0.1) is 5.92 Å². The summed E-state index contributed by atoms with van der Waals surface area (Å²) in [5, 5.41) is 8.83. The van der Waals surface area contributed by atoms with Crippen LogP contribution in [0.1, 0.15) is 12.8 Å². The largest absolute Gasteiger partial charge is 0.393 e. The van der Waals surface area contributed by atoms with E-state index in [1.165, 1.54) is 0 Å². The predicted molar refractivity (Wildman–Crippen MR) is 27.8 cm³/mol. The molecule has 3 N–H and O–H groups in total. The van der Waals surface area contributed by atoms with Crippen molar-refractivity contribution in [1.29, 1.82) is 0 Å². The zero-order valence-corrected chi connectivity index (χ0v) is 4.30. The van der Waals surface area contributed by atoms with Gasteiger partial charge in [0.1, 0.15) is 0 Å². The lowest BCUT2D eigenvalue weighted by Crippen LogP contribution is -2.36. The van der Waals surface area contributed by atoms with Gasteiger partial charge < -0.3 is 10.8 Å². The van der Waals surface area contributed by atoms with Gasteiger partial charge in [0.25, 0.3) is 0 Å². The van der Waals surface area contributed by atoms with Crippen molar-refractivity contribution in [1.82, 2.24) is 0 Å². The number of hydrogen-bond donors (Lipinski definition) is 2. The summed E-state index contributed by atoms with van der Waals surface area (Å²) in [6.45, 7) is 0.654. The summed E-state index contributed by atoms with van der Waals surface area (Å²) in [7, 11) is 0. The molecule has 1 fully saturated rings. The van der Waals surface area contributed by atoms with E-state index in [1.807, 2.05) is 0 Å². The van der Waals surface area contributed by atoms with E-state index in [4.69, 9.17) is 10.8 Å². The molecular formula is C5H11NO. The highest BCUT2D eigenvalue weighted by molar-refractivity contribution is 4.79.